The van der Waals surface area contributed by atoms with Gasteiger partial charge in [-0.05, 0) is 38.3 Å². The van der Waals surface area contributed by atoms with Crippen molar-refractivity contribution in [1.29, 1.82) is 0 Å². The summed E-state index contributed by atoms with van der Waals surface area (Å²) in [6, 6.07) is 1.94. The molecule has 1 aliphatic carbocycles. The maximum Gasteiger partial charge on any atom is 0.168 e. The van der Waals surface area contributed by atoms with Crippen molar-refractivity contribution in [2.75, 3.05) is 0 Å². The van der Waals surface area contributed by atoms with Crippen LogP contribution in [0.25, 0.3) is 0 Å². The summed E-state index contributed by atoms with van der Waals surface area (Å²) in [4.78, 5) is 16.6. The van der Waals surface area contributed by atoms with Crippen LogP contribution in [0.1, 0.15) is 47.6 Å². The molecule has 0 spiro atoms. The Morgan fingerprint density at radius 3 is 2.67 bits per heavy atom. The lowest BCUT2D eigenvalue weighted by atomic mass is 9.73. The van der Waals surface area contributed by atoms with Gasteiger partial charge >= 0.3 is 0 Å². The Labute approximate surface area is 90.7 Å². The number of carbonyl (C=O) groups excluding carboxylic acids is 1. The lowest BCUT2D eigenvalue weighted by Crippen LogP contribution is -2.31. The summed E-state index contributed by atoms with van der Waals surface area (Å²) in [6.07, 6.45) is 1.91. The number of hydrogen-bond donors (Lipinski definition) is 0. The molecule has 0 unspecified atom stereocenters. The fourth-order valence-electron chi connectivity index (χ4n) is 2.29. The van der Waals surface area contributed by atoms with E-state index in [1.807, 2.05) is 33.8 Å². The third-order valence-electron chi connectivity index (χ3n) is 3.32. The van der Waals surface area contributed by atoms with Crippen molar-refractivity contribution in [2.45, 2.75) is 40.5 Å². The number of ketones is 1. The number of rotatable bonds is 0. The van der Waals surface area contributed by atoms with Crippen molar-refractivity contribution in [2.24, 2.45) is 5.41 Å². The molecule has 0 bridgehead atoms. The summed E-state index contributed by atoms with van der Waals surface area (Å²) in [5.41, 5.74) is 3.82. The van der Waals surface area contributed by atoms with Gasteiger partial charge in [0.15, 0.2) is 5.78 Å². The van der Waals surface area contributed by atoms with Crippen molar-refractivity contribution in [3.8, 4) is 0 Å². The number of aromatic nitrogens is 1. The first-order chi connectivity index (χ1) is 6.92. The molecule has 15 heavy (non-hydrogen) atoms. The maximum atomic E-state index is 12.2. The minimum atomic E-state index is -0.201. The molecule has 0 fully saturated rings. The standard InChI is InChI=1S/C13H17NO/c1-8-7-11-10(9(2)14-8)5-6-13(3,4)12(11)15/h7H,5-6H2,1-4H3. The van der Waals surface area contributed by atoms with Gasteiger partial charge in [-0.2, -0.15) is 0 Å². The zero-order chi connectivity index (χ0) is 11.2. The van der Waals surface area contributed by atoms with Crippen LogP contribution in [0.5, 0.6) is 0 Å². The van der Waals surface area contributed by atoms with E-state index >= 15 is 0 Å². The average molecular weight is 203 g/mol. The molecule has 2 rings (SSSR count). The van der Waals surface area contributed by atoms with Gasteiger partial charge in [0, 0.05) is 22.4 Å². The van der Waals surface area contributed by atoms with Crippen LogP contribution in [0.3, 0.4) is 0 Å². The summed E-state index contributed by atoms with van der Waals surface area (Å²) < 4.78 is 0. The predicted octanol–water partition coefficient (Wildman–Crippen LogP) is 2.85. The lowest BCUT2D eigenvalue weighted by Gasteiger charge is -2.30. The van der Waals surface area contributed by atoms with Crippen LogP contribution in [0.15, 0.2) is 6.07 Å². The molecule has 0 N–H and O–H groups in total. The summed E-state index contributed by atoms with van der Waals surface area (Å²) in [6.45, 7) is 8.01. The molecule has 2 heteroatoms. The van der Waals surface area contributed by atoms with Gasteiger partial charge in [0.2, 0.25) is 0 Å². The number of Topliss-reactive ketones (excluding diaryl/α,β-unsaturated/α-hetero) is 1. The van der Waals surface area contributed by atoms with E-state index in [4.69, 9.17) is 0 Å². The molecule has 1 aromatic rings. The molecule has 1 aliphatic rings. The maximum absolute atomic E-state index is 12.2. The summed E-state index contributed by atoms with van der Waals surface area (Å²) >= 11 is 0. The number of aryl methyl sites for hydroxylation is 2. The van der Waals surface area contributed by atoms with Gasteiger partial charge in [-0.1, -0.05) is 13.8 Å². The van der Waals surface area contributed by atoms with Gasteiger partial charge in [-0.15, -0.1) is 0 Å². The molecule has 0 radical (unpaired) electrons. The number of hydrogen-bond acceptors (Lipinski definition) is 2. The quantitative estimate of drug-likeness (QED) is 0.649. The van der Waals surface area contributed by atoms with Crippen LogP contribution >= 0.6 is 0 Å². The Hall–Kier alpha value is -1.18. The molecular weight excluding hydrogens is 186 g/mol. The fraction of sp³-hybridized carbons (Fsp3) is 0.538. The van der Waals surface area contributed by atoms with Crippen molar-refractivity contribution < 1.29 is 4.79 Å². The molecular formula is C13H17NO. The number of fused-ring (bicyclic) bond motifs is 1. The van der Waals surface area contributed by atoms with Crippen LogP contribution in [0, 0.1) is 19.3 Å². The van der Waals surface area contributed by atoms with E-state index in [0.29, 0.717) is 0 Å². The average Bonchev–Trinajstić information content (AvgIpc) is 2.12. The molecule has 1 aromatic heterocycles. The predicted molar refractivity (Wildman–Crippen MR) is 60.1 cm³/mol. The lowest BCUT2D eigenvalue weighted by molar-refractivity contribution is 0.0810. The third-order valence-corrected chi connectivity index (χ3v) is 3.32. The second kappa shape index (κ2) is 3.16. The molecule has 0 saturated carbocycles. The zero-order valence-corrected chi connectivity index (χ0v) is 9.85. The van der Waals surface area contributed by atoms with Crippen LogP contribution < -0.4 is 0 Å². The SMILES string of the molecule is Cc1cc2c(c(C)n1)CCC(C)(C)C2=O. The van der Waals surface area contributed by atoms with E-state index in [2.05, 4.69) is 4.98 Å². The van der Waals surface area contributed by atoms with Crippen LogP contribution in [0.2, 0.25) is 0 Å². The van der Waals surface area contributed by atoms with Crippen LogP contribution in [-0.4, -0.2) is 10.8 Å². The smallest absolute Gasteiger partial charge is 0.168 e. The minimum absolute atomic E-state index is 0.201. The highest BCUT2D eigenvalue weighted by atomic mass is 16.1. The molecule has 80 valence electrons. The normalized spacial score (nSPS) is 18.8. The van der Waals surface area contributed by atoms with Crippen LogP contribution in [0.4, 0.5) is 0 Å². The van der Waals surface area contributed by atoms with E-state index in [0.717, 1.165) is 35.4 Å². The number of nitrogens with zero attached hydrogens (tertiary/aromatic N) is 1. The van der Waals surface area contributed by atoms with Gasteiger partial charge in [0.05, 0.1) is 0 Å². The van der Waals surface area contributed by atoms with E-state index in [9.17, 15) is 4.79 Å². The van der Waals surface area contributed by atoms with E-state index in [1.165, 1.54) is 0 Å². The topological polar surface area (TPSA) is 30.0 Å². The molecule has 0 aliphatic heterocycles. The molecule has 0 saturated heterocycles. The summed E-state index contributed by atoms with van der Waals surface area (Å²) in [7, 11) is 0. The first-order valence-corrected chi connectivity index (χ1v) is 5.44. The van der Waals surface area contributed by atoms with Gasteiger partial charge in [-0.3, -0.25) is 9.78 Å². The molecule has 0 aromatic carbocycles. The molecule has 1 heterocycles. The Bertz CT molecular complexity index is 432. The van der Waals surface area contributed by atoms with Gasteiger partial charge in [0.25, 0.3) is 0 Å². The Morgan fingerprint density at radius 1 is 1.33 bits per heavy atom. The third kappa shape index (κ3) is 1.58. The highest BCUT2D eigenvalue weighted by molar-refractivity contribution is 6.02. The molecule has 0 amide bonds. The van der Waals surface area contributed by atoms with Crippen molar-refractivity contribution >= 4 is 5.78 Å². The zero-order valence-electron chi connectivity index (χ0n) is 9.85. The molecule has 0 atom stereocenters. The first-order valence-electron chi connectivity index (χ1n) is 5.44. The van der Waals surface area contributed by atoms with Gasteiger partial charge < -0.3 is 0 Å². The monoisotopic (exact) mass is 203 g/mol. The van der Waals surface area contributed by atoms with E-state index < -0.39 is 0 Å². The number of carbonyl (C=O) groups is 1. The van der Waals surface area contributed by atoms with Crippen molar-refractivity contribution in [1.82, 2.24) is 4.98 Å². The number of pyridine rings is 1. The van der Waals surface area contributed by atoms with E-state index in [-0.39, 0.29) is 11.2 Å². The highest BCUT2D eigenvalue weighted by Gasteiger charge is 2.34. The van der Waals surface area contributed by atoms with Crippen LogP contribution in [-0.2, 0) is 6.42 Å². The highest BCUT2D eigenvalue weighted by Crippen LogP contribution is 2.35. The first kappa shape index (κ1) is 10.3. The fourth-order valence-corrected chi connectivity index (χ4v) is 2.29. The van der Waals surface area contributed by atoms with Crippen molar-refractivity contribution in [3.63, 3.8) is 0 Å². The Morgan fingerprint density at radius 2 is 2.00 bits per heavy atom. The second-order valence-corrected chi connectivity index (χ2v) is 5.09. The van der Waals surface area contributed by atoms with Crippen molar-refractivity contribution in [3.05, 3.63) is 28.6 Å². The Kier molecular flexibility index (Phi) is 2.18. The Balaban J connectivity index is 2.62. The summed E-state index contributed by atoms with van der Waals surface area (Å²) in [5, 5.41) is 0. The van der Waals surface area contributed by atoms with Gasteiger partial charge in [0.1, 0.15) is 0 Å². The van der Waals surface area contributed by atoms with E-state index in [1.54, 1.807) is 0 Å². The summed E-state index contributed by atoms with van der Waals surface area (Å²) in [5.74, 6) is 0.275. The second-order valence-electron chi connectivity index (χ2n) is 5.09. The molecule has 2 nitrogen and oxygen atoms in total. The van der Waals surface area contributed by atoms with Gasteiger partial charge in [-0.25, -0.2) is 0 Å². The minimum Gasteiger partial charge on any atom is -0.294 e. The largest absolute Gasteiger partial charge is 0.294 e.